The topological polar surface area (TPSA) is 74.6 Å². The van der Waals surface area contributed by atoms with Gasteiger partial charge in [-0.05, 0) is 28.3 Å². The zero-order valence-corrected chi connectivity index (χ0v) is 11.0. The molecule has 2 aromatic rings. The summed E-state index contributed by atoms with van der Waals surface area (Å²) in [7, 11) is 0. The van der Waals surface area contributed by atoms with Crippen molar-refractivity contribution in [2.24, 2.45) is 0 Å². The molecule has 0 radical (unpaired) electrons. The van der Waals surface area contributed by atoms with E-state index in [4.69, 9.17) is 0 Å². The third-order valence-electron chi connectivity index (χ3n) is 3.80. The lowest BCUT2D eigenvalue weighted by Gasteiger charge is -2.25. The van der Waals surface area contributed by atoms with Crippen molar-refractivity contribution in [1.29, 1.82) is 0 Å². The highest BCUT2D eigenvalue weighted by Gasteiger charge is 2.55. The third-order valence-corrected chi connectivity index (χ3v) is 3.80. The molecule has 1 aliphatic rings. The molecule has 0 fully saturated rings. The van der Waals surface area contributed by atoms with Crippen LogP contribution < -0.4 is 0 Å². The largest absolute Gasteiger partial charge is 0.480 e. The van der Waals surface area contributed by atoms with Crippen LogP contribution in [-0.4, -0.2) is 22.2 Å². The van der Waals surface area contributed by atoms with Crippen molar-refractivity contribution in [2.45, 2.75) is 5.41 Å². The van der Waals surface area contributed by atoms with Gasteiger partial charge in [0.2, 0.25) is 5.41 Å². The Morgan fingerprint density at radius 3 is 2.00 bits per heavy atom. The molecule has 104 valence electrons. The number of fused-ring (bicyclic) bond motifs is 1. The van der Waals surface area contributed by atoms with Gasteiger partial charge in [-0.2, -0.15) is 0 Å². The van der Waals surface area contributed by atoms with E-state index in [1.807, 2.05) is 0 Å². The van der Waals surface area contributed by atoms with E-state index < -0.39 is 17.4 Å². The third kappa shape index (κ3) is 1.69. The fourth-order valence-corrected chi connectivity index (χ4v) is 2.84. The second-order valence-corrected chi connectivity index (χ2v) is 4.87. The molecule has 0 saturated carbocycles. The molecule has 4 nitrogen and oxygen atoms in total. The summed E-state index contributed by atoms with van der Waals surface area (Å²) in [6, 6.07) is 15.5. The van der Waals surface area contributed by atoms with Crippen LogP contribution in [0.15, 0.2) is 54.6 Å². The summed E-state index contributed by atoms with van der Waals surface area (Å²) in [4.78, 5) is 23.8. The molecule has 3 rings (SSSR count). The standard InChI is InChI=1S/C17H12O4/c18-15(19)17(16(20)21)13-9-5-4-8-12(13)10-14(17)11-6-2-1-3-7-11/h1-10H,(H,18,19)(H,20,21). The number of benzene rings is 2. The van der Waals surface area contributed by atoms with Gasteiger partial charge in [0.1, 0.15) is 0 Å². The van der Waals surface area contributed by atoms with Gasteiger partial charge < -0.3 is 10.2 Å². The van der Waals surface area contributed by atoms with Crippen LogP contribution in [0.1, 0.15) is 16.7 Å². The molecule has 21 heavy (non-hydrogen) atoms. The summed E-state index contributed by atoms with van der Waals surface area (Å²) in [6.45, 7) is 0. The minimum absolute atomic E-state index is 0.282. The Morgan fingerprint density at radius 1 is 0.810 bits per heavy atom. The van der Waals surface area contributed by atoms with E-state index in [1.165, 1.54) is 0 Å². The average molecular weight is 280 g/mol. The van der Waals surface area contributed by atoms with Crippen molar-refractivity contribution in [1.82, 2.24) is 0 Å². The van der Waals surface area contributed by atoms with Gasteiger partial charge in [0.05, 0.1) is 0 Å². The fourth-order valence-electron chi connectivity index (χ4n) is 2.84. The normalized spacial score (nSPS) is 15.1. The molecule has 4 heteroatoms. The number of hydrogen-bond donors (Lipinski definition) is 2. The smallest absolute Gasteiger partial charge is 0.330 e. The van der Waals surface area contributed by atoms with Crippen LogP contribution >= 0.6 is 0 Å². The summed E-state index contributed by atoms with van der Waals surface area (Å²) in [5.74, 6) is -2.76. The molecule has 0 atom stereocenters. The van der Waals surface area contributed by atoms with E-state index in [0.29, 0.717) is 16.7 Å². The zero-order valence-electron chi connectivity index (χ0n) is 11.0. The first-order valence-electron chi connectivity index (χ1n) is 6.42. The van der Waals surface area contributed by atoms with Crippen LogP contribution in [0.3, 0.4) is 0 Å². The highest BCUT2D eigenvalue weighted by molar-refractivity contribution is 6.22. The van der Waals surface area contributed by atoms with Gasteiger partial charge in [0.15, 0.2) is 0 Å². The summed E-state index contributed by atoms with van der Waals surface area (Å²) >= 11 is 0. The van der Waals surface area contributed by atoms with Crippen molar-refractivity contribution in [3.8, 4) is 0 Å². The molecule has 0 aliphatic heterocycles. The highest BCUT2D eigenvalue weighted by Crippen LogP contribution is 2.47. The summed E-state index contributed by atoms with van der Waals surface area (Å²) < 4.78 is 0. The molecular weight excluding hydrogens is 268 g/mol. The van der Waals surface area contributed by atoms with Gasteiger partial charge in [0, 0.05) is 0 Å². The Morgan fingerprint density at radius 2 is 1.38 bits per heavy atom. The Kier molecular flexibility index (Phi) is 2.87. The van der Waals surface area contributed by atoms with Gasteiger partial charge in [-0.25, -0.2) is 0 Å². The van der Waals surface area contributed by atoms with E-state index in [-0.39, 0.29) is 5.57 Å². The van der Waals surface area contributed by atoms with Crippen LogP contribution in [0.25, 0.3) is 11.6 Å². The van der Waals surface area contributed by atoms with Crippen molar-refractivity contribution in [3.63, 3.8) is 0 Å². The van der Waals surface area contributed by atoms with Crippen molar-refractivity contribution < 1.29 is 19.8 Å². The Hall–Kier alpha value is -2.88. The zero-order chi connectivity index (χ0) is 15.0. The number of carbonyl (C=O) groups is 2. The second-order valence-electron chi connectivity index (χ2n) is 4.87. The van der Waals surface area contributed by atoms with E-state index in [9.17, 15) is 19.8 Å². The molecule has 0 bridgehead atoms. The SMILES string of the molecule is O=C(O)C1(C(=O)O)C(c2ccccc2)=Cc2ccccc21. The maximum Gasteiger partial charge on any atom is 0.330 e. The molecule has 0 spiro atoms. The molecule has 2 aromatic carbocycles. The molecule has 0 aromatic heterocycles. The maximum atomic E-state index is 11.9. The fraction of sp³-hybridized carbons (Fsp3) is 0.0588. The minimum atomic E-state index is -2.06. The molecular formula is C17H12O4. The number of hydrogen-bond acceptors (Lipinski definition) is 2. The maximum absolute atomic E-state index is 11.9. The van der Waals surface area contributed by atoms with Gasteiger partial charge in [0.25, 0.3) is 0 Å². The molecule has 1 aliphatic carbocycles. The molecule has 0 heterocycles. The Labute approximate surface area is 121 Å². The lowest BCUT2D eigenvalue weighted by atomic mass is 9.75. The second kappa shape index (κ2) is 4.59. The van der Waals surface area contributed by atoms with Crippen LogP contribution in [0.4, 0.5) is 0 Å². The predicted octanol–water partition coefficient (Wildman–Crippen LogP) is 2.65. The van der Waals surface area contributed by atoms with Gasteiger partial charge in [-0.1, -0.05) is 54.6 Å². The highest BCUT2D eigenvalue weighted by atomic mass is 16.4. The lowest BCUT2D eigenvalue weighted by Crippen LogP contribution is -2.43. The minimum Gasteiger partial charge on any atom is -0.480 e. The van der Waals surface area contributed by atoms with Crippen molar-refractivity contribution >= 4 is 23.6 Å². The Bertz CT molecular complexity index is 745. The van der Waals surface area contributed by atoms with E-state index >= 15 is 0 Å². The molecule has 2 N–H and O–H groups in total. The number of rotatable bonds is 3. The number of carboxylic acids is 2. The summed E-state index contributed by atoms with van der Waals surface area (Å²) in [6.07, 6.45) is 1.65. The van der Waals surface area contributed by atoms with Gasteiger partial charge in [-0.3, -0.25) is 9.59 Å². The lowest BCUT2D eigenvalue weighted by molar-refractivity contribution is -0.153. The Balaban J connectivity index is 2.34. The molecule has 0 unspecified atom stereocenters. The van der Waals surface area contributed by atoms with Crippen LogP contribution in [0.2, 0.25) is 0 Å². The van der Waals surface area contributed by atoms with Crippen molar-refractivity contribution in [2.75, 3.05) is 0 Å². The first kappa shape index (κ1) is 13.1. The molecule has 0 amide bonds. The quantitative estimate of drug-likeness (QED) is 0.848. The monoisotopic (exact) mass is 280 g/mol. The van der Waals surface area contributed by atoms with Crippen LogP contribution in [-0.2, 0) is 15.0 Å². The van der Waals surface area contributed by atoms with E-state index in [2.05, 4.69) is 0 Å². The summed E-state index contributed by atoms with van der Waals surface area (Å²) in [5, 5.41) is 19.4. The molecule has 0 saturated heterocycles. The van der Waals surface area contributed by atoms with Gasteiger partial charge in [-0.15, -0.1) is 0 Å². The van der Waals surface area contributed by atoms with Gasteiger partial charge >= 0.3 is 11.9 Å². The number of aliphatic carboxylic acids is 2. The number of carboxylic acid groups (broad SMARTS) is 2. The van der Waals surface area contributed by atoms with Crippen LogP contribution in [0.5, 0.6) is 0 Å². The summed E-state index contributed by atoms with van der Waals surface area (Å²) in [5.41, 5.74) is -0.259. The average Bonchev–Trinajstić information content (AvgIpc) is 2.84. The van der Waals surface area contributed by atoms with E-state index in [1.54, 1.807) is 60.7 Å². The van der Waals surface area contributed by atoms with Crippen molar-refractivity contribution in [3.05, 3.63) is 71.3 Å². The first-order valence-corrected chi connectivity index (χ1v) is 6.42. The predicted molar refractivity (Wildman–Crippen MR) is 77.7 cm³/mol. The first-order chi connectivity index (χ1) is 10.1. The van der Waals surface area contributed by atoms with E-state index in [0.717, 1.165) is 0 Å². The van der Waals surface area contributed by atoms with Crippen LogP contribution in [0, 0.1) is 0 Å².